The Hall–Kier alpha value is -0.700. The van der Waals surface area contributed by atoms with E-state index in [-0.39, 0.29) is 6.10 Å². The summed E-state index contributed by atoms with van der Waals surface area (Å²) in [4.78, 5) is 4.39. The van der Waals surface area contributed by atoms with Crippen molar-refractivity contribution >= 4 is 12.6 Å². The van der Waals surface area contributed by atoms with Gasteiger partial charge in [0.25, 0.3) is 0 Å². The first-order valence-corrected chi connectivity index (χ1v) is 5.59. The number of aryl methyl sites for hydroxylation is 1. The average Bonchev–Trinajstić information content (AvgIpc) is 2.14. The largest absolute Gasteiger partial charge is 0.475 e. The molecule has 0 fully saturated rings. The van der Waals surface area contributed by atoms with Gasteiger partial charge in [0.1, 0.15) is 0 Å². The highest BCUT2D eigenvalue weighted by molar-refractivity contribution is 7.80. The summed E-state index contributed by atoms with van der Waals surface area (Å²) in [5.41, 5.74) is 1.08. The maximum Gasteiger partial charge on any atom is 0.213 e. The van der Waals surface area contributed by atoms with Gasteiger partial charge in [-0.1, -0.05) is 6.07 Å². The number of nitrogens with zero attached hydrogens (tertiary/aromatic N) is 1. The predicted octanol–water partition coefficient (Wildman–Crippen LogP) is 2.73. The number of thiol groups is 1. The van der Waals surface area contributed by atoms with Gasteiger partial charge in [0.15, 0.2) is 0 Å². The molecule has 0 aliphatic carbocycles. The van der Waals surface area contributed by atoms with Crippen molar-refractivity contribution < 1.29 is 4.74 Å². The summed E-state index contributed by atoms with van der Waals surface area (Å²) in [5, 5.41) is 0. The third-order valence-corrected chi connectivity index (χ3v) is 2.04. The van der Waals surface area contributed by atoms with Gasteiger partial charge >= 0.3 is 0 Å². The normalized spacial score (nSPS) is 10.6. The minimum atomic E-state index is 0.183. The molecule has 0 unspecified atom stereocenters. The van der Waals surface area contributed by atoms with Crippen molar-refractivity contribution in [3.8, 4) is 5.88 Å². The lowest BCUT2D eigenvalue weighted by Crippen LogP contribution is -2.07. The Balaban J connectivity index is 2.59. The van der Waals surface area contributed by atoms with Crippen LogP contribution in [0.25, 0.3) is 0 Å². The Morgan fingerprint density at radius 1 is 1.43 bits per heavy atom. The van der Waals surface area contributed by atoms with E-state index >= 15 is 0 Å². The molecule has 0 atom stereocenters. The van der Waals surface area contributed by atoms with Gasteiger partial charge < -0.3 is 4.74 Å². The van der Waals surface area contributed by atoms with Crippen LogP contribution < -0.4 is 4.74 Å². The van der Waals surface area contributed by atoms with Gasteiger partial charge in [-0.2, -0.15) is 12.6 Å². The third kappa shape index (κ3) is 4.01. The molecule has 1 rings (SSSR count). The van der Waals surface area contributed by atoms with Gasteiger partial charge in [0.05, 0.1) is 6.10 Å². The maximum absolute atomic E-state index is 5.50. The summed E-state index contributed by atoms with van der Waals surface area (Å²) < 4.78 is 5.50. The molecule has 1 heterocycles. The van der Waals surface area contributed by atoms with Crippen molar-refractivity contribution in [2.75, 3.05) is 5.75 Å². The van der Waals surface area contributed by atoms with Gasteiger partial charge in [0.2, 0.25) is 5.88 Å². The lowest BCUT2D eigenvalue weighted by atomic mass is 10.2. The molecular weight excluding hydrogens is 194 g/mol. The topological polar surface area (TPSA) is 22.1 Å². The van der Waals surface area contributed by atoms with Crippen molar-refractivity contribution in [3.05, 3.63) is 23.9 Å². The Bertz CT molecular complexity index is 276. The van der Waals surface area contributed by atoms with Gasteiger partial charge in [-0.05, 0) is 38.5 Å². The monoisotopic (exact) mass is 211 g/mol. The molecule has 0 amide bonds. The van der Waals surface area contributed by atoms with E-state index in [0.29, 0.717) is 0 Å². The van der Waals surface area contributed by atoms with Crippen LogP contribution in [0.5, 0.6) is 5.88 Å². The smallest absolute Gasteiger partial charge is 0.213 e. The number of rotatable bonds is 5. The second-order valence-electron chi connectivity index (χ2n) is 3.46. The van der Waals surface area contributed by atoms with Crippen LogP contribution in [0.3, 0.4) is 0 Å². The first-order chi connectivity index (χ1) is 6.72. The maximum atomic E-state index is 5.50. The van der Waals surface area contributed by atoms with Gasteiger partial charge in [-0.15, -0.1) is 0 Å². The molecule has 3 heteroatoms. The zero-order chi connectivity index (χ0) is 10.4. The SMILES string of the molecule is CC(C)Oc1cccc(CCCS)n1. The molecule has 0 bridgehead atoms. The summed E-state index contributed by atoms with van der Waals surface area (Å²) in [6.45, 7) is 4.00. The van der Waals surface area contributed by atoms with E-state index in [2.05, 4.69) is 17.6 Å². The Morgan fingerprint density at radius 2 is 2.21 bits per heavy atom. The van der Waals surface area contributed by atoms with Crippen LogP contribution in [0.4, 0.5) is 0 Å². The van der Waals surface area contributed by atoms with Crippen molar-refractivity contribution in [1.82, 2.24) is 4.98 Å². The third-order valence-electron chi connectivity index (χ3n) is 1.73. The Labute approximate surface area is 91.1 Å². The molecule has 1 aromatic heterocycles. The Morgan fingerprint density at radius 3 is 2.86 bits per heavy atom. The highest BCUT2D eigenvalue weighted by atomic mass is 32.1. The molecule has 0 aliphatic rings. The number of ether oxygens (including phenoxy) is 1. The minimum Gasteiger partial charge on any atom is -0.475 e. The molecule has 1 aromatic rings. The summed E-state index contributed by atoms with van der Waals surface area (Å²) in [6.07, 6.45) is 2.21. The minimum absolute atomic E-state index is 0.183. The van der Waals surface area contributed by atoms with Crippen LogP contribution in [0.1, 0.15) is 26.0 Å². The van der Waals surface area contributed by atoms with E-state index in [1.165, 1.54) is 0 Å². The number of pyridine rings is 1. The molecule has 2 nitrogen and oxygen atoms in total. The van der Waals surface area contributed by atoms with Gasteiger partial charge in [-0.25, -0.2) is 4.98 Å². The van der Waals surface area contributed by atoms with Crippen LogP contribution in [0, 0.1) is 0 Å². The van der Waals surface area contributed by atoms with Crippen LogP contribution >= 0.6 is 12.6 Å². The zero-order valence-corrected chi connectivity index (χ0v) is 9.63. The fraction of sp³-hybridized carbons (Fsp3) is 0.545. The lowest BCUT2D eigenvalue weighted by molar-refractivity contribution is 0.232. The second kappa shape index (κ2) is 5.91. The zero-order valence-electron chi connectivity index (χ0n) is 8.73. The van der Waals surface area contributed by atoms with Crippen LogP contribution in [-0.4, -0.2) is 16.8 Å². The van der Waals surface area contributed by atoms with Crippen LogP contribution in [0.15, 0.2) is 18.2 Å². The summed E-state index contributed by atoms with van der Waals surface area (Å²) in [6, 6.07) is 5.90. The first-order valence-electron chi connectivity index (χ1n) is 4.96. The molecular formula is C11H17NOS. The van der Waals surface area contributed by atoms with Crippen LogP contribution in [-0.2, 0) is 6.42 Å². The fourth-order valence-corrected chi connectivity index (χ4v) is 1.32. The first kappa shape index (κ1) is 11.4. The standard InChI is InChI=1S/C11H17NOS/c1-9(2)13-11-7-3-5-10(12-11)6-4-8-14/h3,5,7,9,14H,4,6,8H2,1-2H3. The average molecular weight is 211 g/mol. The molecule has 0 aliphatic heterocycles. The molecule has 78 valence electrons. The van der Waals surface area contributed by atoms with E-state index in [1.807, 2.05) is 32.0 Å². The highest BCUT2D eigenvalue weighted by Gasteiger charge is 2.00. The molecule has 0 radical (unpaired) electrons. The van der Waals surface area contributed by atoms with Crippen molar-refractivity contribution in [2.24, 2.45) is 0 Å². The van der Waals surface area contributed by atoms with Crippen molar-refractivity contribution in [1.29, 1.82) is 0 Å². The number of hydrogen-bond acceptors (Lipinski definition) is 3. The van der Waals surface area contributed by atoms with Gasteiger partial charge in [0, 0.05) is 11.8 Å². The summed E-state index contributed by atoms with van der Waals surface area (Å²) in [7, 11) is 0. The summed E-state index contributed by atoms with van der Waals surface area (Å²) >= 11 is 4.17. The molecule has 14 heavy (non-hydrogen) atoms. The fourth-order valence-electron chi connectivity index (χ4n) is 1.16. The second-order valence-corrected chi connectivity index (χ2v) is 3.91. The van der Waals surface area contributed by atoms with Crippen molar-refractivity contribution in [3.63, 3.8) is 0 Å². The molecule has 0 spiro atoms. The van der Waals surface area contributed by atoms with E-state index in [1.54, 1.807) is 0 Å². The van der Waals surface area contributed by atoms with E-state index in [0.717, 1.165) is 30.2 Å². The predicted molar refractivity (Wildman–Crippen MR) is 62.2 cm³/mol. The van der Waals surface area contributed by atoms with E-state index in [9.17, 15) is 0 Å². The van der Waals surface area contributed by atoms with E-state index in [4.69, 9.17) is 4.74 Å². The van der Waals surface area contributed by atoms with Gasteiger partial charge in [-0.3, -0.25) is 0 Å². The van der Waals surface area contributed by atoms with Crippen LogP contribution in [0.2, 0.25) is 0 Å². The Kier molecular flexibility index (Phi) is 4.80. The van der Waals surface area contributed by atoms with Crippen molar-refractivity contribution in [2.45, 2.75) is 32.8 Å². The van der Waals surface area contributed by atoms with E-state index < -0.39 is 0 Å². The molecule has 0 saturated heterocycles. The number of aromatic nitrogens is 1. The number of hydrogen-bond donors (Lipinski definition) is 1. The quantitative estimate of drug-likeness (QED) is 0.756. The molecule has 0 N–H and O–H groups in total. The lowest BCUT2D eigenvalue weighted by Gasteiger charge is -2.09. The molecule has 0 saturated carbocycles. The summed E-state index contributed by atoms with van der Waals surface area (Å²) in [5.74, 6) is 1.62. The highest BCUT2D eigenvalue weighted by Crippen LogP contribution is 2.10. The molecule has 0 aromatic carbocycles.